The van der Waals surface area contributed by atoms with E-state index in [1.54, 1.807) is 13.1 Å². The summed E-state index contributed by atoms with van der Waals surface area (Å²) in [5, 5.41) is 6.26. The van der Waals surface area contributed by atoms with Gasteiger partial charge >= 0.3 is 0 Å². The molecule has 0 aliphatic rings. The minimum atomic E-state index is -3.63. The number of hydrogen-bond acceptors (Lipinski definition) is 5. The molecule has 0 aliphatic carbocycles. The molecule has 0 atom stereocenters. The molecule has 0 aliphatic heterocycles. The zero-order chi connectivity index (χ0) is 13.9. The number of rotatable bonds is 6. The lowest BCUT2D eigenvalue weighted by Crippen LogP contribution is -2.24. The first-order valence-electron chi connectivity index (χ1n) is 5.90. The highest BCUT2D eigenvalue weighted by molar-refractivity contribution is 7.89. The van der Waals surface area contributed by atoms with Crippen molar-refractivity contribution < 1.29 is 8.42 Å². The van der Waals surface area contributed by atoms with Gasteiger partial charge in [0.25, 0.3) is 10.0 Å². The lowest BCUT2D eigenvalue weighted by Gasteiger charge is -2.01. The van der Waals surface area contributed by atoms with E-state index < -0.39 is 10.0 Å². The van der Waals surface area contributed by atoms with E-state index in [1.807, 2.05) is 11.5 Å². The van der Waals surface area contributed by atoms with Crippen molar-refractivity contribution in [2.24, 2.45) is 0 Å². The van der Waals surface area contributed by atoms with Gasteiger partial charge in [-0.25, -0.2) is 23.1 Å². The van der Waals surface area contributed by atoms with Gasteiger partial charge in [-0.3, -0.25) is 5.10 Å². The Morgan fingerprint density at radius 1 is 1.47 bits per heavy atom. The maximum absolute atomic E-state index is 12.0. The molecule has 0 radical (unpaired) electrons. The van der Waals surface area contributed by atoms with Gasteiger partial charge < -0.3 is 4.57 Å². The van der Waals surface area contributed by atoms with Crippen LogP contribution in [0.4, 0.5) is 0 Å². The molecule has 0 fully saturated rings. The van der Waals surface area contributed by atoms with Crippen LogP contribution >= 0.6 is 0 Å². The van der Waals surface area contributed by atoms with Gasteiger partial charge in [0.05, 0.1) is 6.54 Å². The van der Waals surface area contributed by atoms with Crippen molar-refractivity contribution in [3.63, 3.8) is 0 Å². The first-order valence-corrected chi connectivity index (χ1v) is 7.39. The van der Waals surface area contributed by atoms with Crippen molar-refractivity contribution in [2.45, 2.75) is 38.4 Å². The minimum absolute atomic E-state index is 0.0259. The SMILES string of the molecule is CCCn1cc(S(=O)(=O)NCc2ncn[nH]2)nc1C. The van der Waals surface area contributed by atoms with E-state index in [2.05, 4.69) is 24.9 Å². The highest BCUT2D eigenvalue weighted by atomic mass is 32.2. The van der Waals surface area contributed by atoms with E-state index in [0.717, 1.165) is 13.0 Å². The summed E-state index contributed by atoms with van der Waals surface area (Å²) in [5.41, 5.74) is 0. The van der Waals surface area contributed by atoms with Crippen LogP contribution in [0, 0.1) is 6.92 Å². The largest absolute Gasteiger partial charge is 0.334 e. The van der Waals surface area contributed by atoms with E-state index >= 15 is 0 Å². The first kappa shape index (κ1) is 13.7. The molecule has 104 valence electrons. The summed E-state index contributed by atoms with van der Waals surface area (Å²) in [7, 11) is -3.63. The molecule has 9 heteroatoms. The third kappa shape index (κ3) is 3.18. The first-order chi connectivity index (χ1) is 9.03. The Balaban J connectivity index is 2.12. The van der Waals surface area contributed by atoms with Crippen molar-refractivity contribution in [1.29, 1.82) is 0 Å². The number of sulfonamides is 1. The minimum Gasteiger partial charge on any atom is -0.334 e. The fourth-order valence-electron chi connectivity index (χ4n) is 1.63. The lowest BCUT2D eigenvalue weighted by atomic mass is 10.5. The predicted octanol–water partition coefficient (Wildman–Crippen LogP) is 0.198. The second-order valence-corrected chi connectivity index (χ2v) is 5.79. The molecule has 0 spiro atoms. The van der Waals surface area contributed by atoms with Crippen LogP contribution < -0.4 is 4.72 Å². The fraction of sp³-hybridized carbons (Fsp3) is 0.500. The number of hydrogen-bond donors (Lipinski definition) is 2. The number of nitrogens with zero attached hydrogens (tertiary/aromatic N) is 4. The summed E-state index contributed by atoms with van der Waals surface area (Å²) in [6, 6.07) is 0. The third-order valence-electron chi connectivity index (χ3n) is 2.59. The van der Waals surface area contributed by atoms with Gasteiger partial charge in [0, 0.05) is 12.7 Å². The number of aromatic amines is 1. The summed E-state index contributed by atoms with van der Waals surface area (Å²) in [6.45, 7) is 4.61. The second kappa shape index (κ2) is 5.49. The van der Waals surface area contributed by atoms with E-state index in [0.29, 0.717) is 11.6 Å². The van der Waals surface area contributed by atoms with Gasteiger partial charge in [-0.2, -0.15) is 5.10 Å². The molecule has 2 rings (SSSR count). The number of nitrogens with one attached hydrogen (secondary N) is 2. The van der Waals surface area contributed by atoms with Gasteiger partial charge in [-0.05, 0) is 13.3 Å². The molecule has 0 saturated heterocycles. The molecule has 0 unspecified atom stereocenters. The molecule has 0 bridgehead atoms. The Morgan fingerprint density at radius 2 is 2.26 bits per heavy atom. The fourth-order valence-corrected chi connectivity index (χ4v) is 2.62. The van der Waals surface area contributed by atoms with Crippen LogP contribution in [-0.2, 0) is 23.1 Å². The molecule has 19 heavy (non-hydrogen) atoms. The van der Waals surface area contributed by atoms with Gasteiger partial charge in [-0.15, -0.1) is 0 Å². The number of H-pyrrole nitrogens is 1. The maximum Gasteiger partial charge on any atom is 0.259 e. The Hall–Kier alpha value is -1.74. The lowest BCUT2D eigenvalue weighted by molar-refractivity contribution is 0.575. The highest BCUT2D eigenvalue weighted by Crippen LogP contribution is 2.09. The second-order valence-electron chi connectivity index (χ2n) is 4.08. The molecule has 0 saturated carbocycles. The Kier molecular flexibility index (Phi) is 3.96. The molecule has 2 aromatic heterocycles. The van der Waals surface area contributed by atoms with E-state index in [9.17, 15) is 8.42 Å². The van der Waals surface area contributed by atoms with E-state index in [4.69, 9.17) is 0 Å². The molecule has 2 N–H and O–H groups in total. The van der Waals surface area contributed by atoms with Crippen LogP contribution in [0.5, 0.6) is 0 Å². The normalized spacial score (nSPS) is 11.9. The monoisotopic (exact) mass is 284 g/mol. The summed E-state index contributed by atoms with van der Waals surface area (Å²) in [5.74, 6) is 1.13. The molecular weight excluding hydrogens is 268 g/mol. The van der Waals surface area contributed by atoms with Crippen molar-refractivity contribution in [3.05, 3.63) is 24.2 Å². The smallest absolute Gasteiger partial charge is 0.259 e. The van der Waals surface area contributed by atoms with Gasteiger partial charge in [-0.1, -0.05) is 6.92 Å². The van der Waals surface area contributed by atoms with Gasteiger partial charge in [0.15, 0.2) is 5.03 Å². The molecule has 2 heterocycles. The standard InChI is InChI=1S/C10H16N6O2S/c1-3-4-16-6-10(14-8(16)2)19(17,18)13-5-9-11-7-12-15-9/h6-7,13H,3-5H2,1-2H3,(H,11,12,15). The van der Waals surface area contributed by atoms with Crippen molar-refractivity contribution in [2.75, 3.05) is 0 Å². The Labute approximate surface area is 111 Å². The Bertz CT molecular complexity index is 631. The predicted molar refractivity (Wildman–Crippen MR) is 67.7 cm³/mol. The highest BCUT2D eigenvalue weighted by Gasteiger charge is 2.19. The number of imidazole rings is 1. The van der Waals surface area contributed by atoms with Crippen molar-refractivity contribution in [3.8, 4) is 0 Å². The molecular formula is C10H16N6O2S. The quantitative estimate of drug-likeness (QED) is 0.788. The van der Waals surface area contributed by atoms with Crippen LogP contribution in [0.25, 0.3) is 0 Å². The van der Waals surface area contributed by atoms with Gasteiger partial charge in [0.1, 0.15) is 18.0 Å². The average molecular weight is 284 g/mol. The molecule has 0 aromatic carbocycles. The molecule has 0 amide bonds. The number of aromatic nitrogens is 5. The van der Waals surface area contributed by atoms with Crippen LogP contribution in [-0.4, -0.2) is 33.2 Å². The van der Waals surface area contributed by atoms with Crippen LogP contribution in [0.1, 0.15) is 25.0 Å². The van der Waals surface area contributed by atoms with Crippen LogP contribution in [0.3, 0.4) is 0 Å². The molecule has 8 nitrogen and oxygen atoms in total. The third-order valence-corrected chi connectivity index (χ3v) is 3.86. The number of aryl methyl sites for hydroxylation is 2. The van der Waals surface area contributed by atoms with E-state index in [-0.39, 0.29) is 11.6 Å². The van der Waals surface area contributed by atoms with E-state index in [1.165, 1.54) is 6.33 Å². The molecule has 2 aromatic rings. The Morgan fingerprint density at radius 3 is 2.89 bits per heavy atom. The van der Waals surface area contributed by atoms with Crippen molar-refractivity contribution >= 4 is 10.0 Å². The average Bonchev–Trinajstić information content (AvgIpc) is 2.98. The zero-order valence-electron chi connectivity index (χ0n) is 10.8. The van der Waals surface area contributed by atoms with Crippen LogP contribution in [0.2, 0.25) is 0 Å². The van der Waals surface area contributed by atoms with Crippen LogP contribution in [0.15, 0.2) is 17.6 Å². The zero-order valence-corrected chi connectivity index (χ0v) is 11.6. The topological polar surface area (TPSA) is 106 Å². The maximum atomic E-state index is 12.0. The summed E-state index contributed by atoms with van der Waals surface area (Å²) >= 11 is 0. The summed E-state index contributed by atoms with van der Waals surface area (Å²) in [4.78, 5) is 7.91. The summed E-state index contributed by atoms with van der Waals surface area (Å²) in [6.07, 6.45) is 3.79. The van der Waals surface area contributed by atoms with Gasteiger partial charge in [0.2, 0.25) is 0 Å². The summed E-state index contributed by atoms with van der Waals surface area (Å²) < 4.78 is 28.3. The van der Waals surface area contributed by atoms with Crippen molar-refractivity contribution in [1.82, 2.24) is 29.5 Å².